The average Bonchev–Trinajstić information content (AvgIpc) is 2.75. The van der Waals surface area contributed by atoms with Gasteiger partial charge in [0.2, 0.25) is 0 Å². The van der Waals surface area contributed by atoms with Gasteiger partial charge < -0.3 is 14.5 Å². The molecule has 0 saturated carbocycles. The molecule has 0 aliphatic heterocycles. The van der Waals surface area contributed by atoms with Crippen molar-refractivity contribution >= 4 is 41.6 Å². The first-order chi connectivity index (χ1) is 9.71. The van der Waals surface area contributed by atoms with Crippen molar-refractivity contribution in [1.29, 1.82) is 0 Å². The number of nitrogens with one attached hydrogen (secondary N) is 1. The van der Waals surface area contributed by atoms with Crippen molar-refractivity contribution in [3.8, 4) is 0 Å². The van der Waals surface area contributed by atoms with E-state index in [9.17, 15) is 13.2 Å². The topological polar surface area (TPSA) is 85.6 Å². The van der Waals surface area contributed by atoms with Crippen LogP contribution in [0.3, 0.4) is 0 Å². The molecule has 1 rings (SSSR count). The molecular weight excluding hydrogens is 386 g/mol. The number of halogens is 2. The van der Waals surface area contributed by atoms with Gasteiger partial charge in [-0.25, -0.2) is 8.42 Å². The smallest absolute Gasteiger partial charge is 0.287 e. The van der Waals surface area contributed by atoms with Crippen LogP contribution in [-0.4, -0.2) is 34.1 Å². The van der Waals surface area contributed by atoms with E-state index in [-0.39, 0.29) is 15.3 Å². The highest BCUT2D eigenvalue weighted by molar-refractivity contribution is 9.10. The highest BCUT2D eigenvalue weighted by Crippen LogP contribution is 2.28. The maximum Gasteiger partial charge on any atom is 0.287 e. The number of furan rings is 1. The van der Waals surface area contributed by atoms with E-state index in [1.807, 2.05) is 0 Å². The Bertz CT molecular complexity index is 584. The third kappa shape index (κ3) is 6.37. The summed E-state index contributed by atoms with van der Waals surface area (Å²) in [6, 6.07) is 1.08. The van der Waals surface area contributed by atoms with E-state index in [1.54, 1.807) is 0 Å². The van der Waals surface area contributed by atoms with E-state index in [4.69, 9.17) is 19.8 Å². The Balaban J connectivity index is 2.43. The van der Waals surface area contributed by atoms with Gasteiger partial charge in [-0.05, 0) is 28.3 Å². The molecule has 0 atom stereocenters. The Kier molecular flexibility index (Phi) is 7.19. The van der Waals surface area contributed by atoms with Crippen LogP contribution in [0.25, 0.3) is 0 Å². The molecule has 0 aliphatic rings. The van der Waals surface area contributed by atoms with E-state index in [0.717, 1.165) is 6.07 Å². The van der Waals surface area contributed by atoms with Crippen LogP contribution in [0.5, 0.6) is 0 Å². The quantitative estimate of drug-likeness (QED) is 0.534. The average molecular weight is 403 g/mol. The van der Waals surface area contributed by atoms with Crippen molar-refractivity contribution in [2.45, 2.75) is 25.2 Å². The standard InChI is InChI=1S/C12H17BrClNO5S/c1-8(2)7-19-5-3-4-15-12(16)9-6-10(11(13)20-9)21(14,17)18/h6,8H,3-5,7H2,1-2H3,(H,15,16). The van der Waals surface area contributed by atoms with Crippen LogP contribution in [0.1, 0.15) is 30.8 Å². The Labute approximate surface area is 136 Å². The molecule has 1 aromatic heterocycles. The lowest BCUT2D eigenvalue weighted by atomic mass is 10.2. The summed E-state index contributed by atoms with van der Waals surface area (Å²) in [6.07, 6.45) is 0.654. The summed E-state index contributed by atoms with van der Waals surface area (Å²) in [7, 11) is 1.25. The maximum absolute atomic E-state index is 11.8. The number of hydrogen-bond donors (Lipinski definition) is 1. The highest BCUT2D eigenvalue weighted by Gasteiger charge is 2.23. The zero-order valence-corrected chi connectivity index (χ0v) is 14.8. The molecule has 1 amide bonds. The van der Waals surface area contributed by atoms with Gasteiger partial charge in [0.1, 0.15) is 4.90 Å². The van der Waals surface area contributed by atoms with Crippen molar-refractivity contribution in [3.63, 3.8) is 0 Å². The van der Waals surface area contributed by atoms with E-state index in [1.165, 1.54) is 0 Å². The fraction of sp³-hybridized carbons (Fsp3) is 0.583. The zero-order valence-electron chi connectivity index (χ0n) is 11.7. The summed E-state index contributed by atoms with van der Waals surface area (Å²) in [5, 5.41) is 2.61. The normalized spacial score (nSPS) is 11.9. The lowest BCUT2D eigenvalue weighted by Crippen LogP contribution is -2.25. The molecule has 1 aromatic rings. The van der Waals surface area contributed by atoms with Gasteiger partial charge in [-0.15, -0.1) is 0 Å². The second-order valence-electron chi connectivity index (χ2n) is 4.76. The molecule has 6 nitrogen and oxygen atoms in total. The lowest BCUT2D eigenvalue weighted by molar-refractivity contribution is 0.0899. The van der Waals surface area contributed by atoms with Crippen molar-refractivity contribution < 1.29 is 22.4 Å². The molecule has 21 heavy (non-hydrogen) atoms. The number of amides is 1. The predicted molar refractivity (Wildman–Crippen MR) is 82.1 cm³/mol. The second kappa shape index (κ2) is 8.17. The van der Waals surface area contributed by atoms with Crippen LogP contribution in [0.15, 0.2) is 20.0 Å². The van der Waals surface area contributed by atoms with Crippen LogP contribution in [0.4, 0.5) is 0 Å². The zero-order chi connectivity index (χ0) is 16.0. The summed E-state index contributed by atoms with van der Waals surface area (Å²) in [5.41, 5.74) is 0. The molecule has 0 unspecified atom stereocenters. The summed E-state index contributed by atoms with van der Waals surface area (Å²) < 4.78 is 32.7. The monoisotopic (exact) mass is 401 g/mol. The van der Waals surface area contributed by atoms with E-state index >= 15 is 0 Å². The van der Waals surface area contributed by atoms with Gasteiger partial charge in [0, 0.05) is 36.5 Å². The van der Waals surface area contributed by atoms with Crippen LogP contribution >= 0.6 is 26.6 Å². The first kappa shape index (κ1) is 18.5. The number of carbonyl (C=O) groups excluding carboxylic acids is 1. The SMILES string of the molecule is CC(C)COCCCNC(=O)c1cc(S(=O)(=O)Cl)c(Br)o1. The molecule has 120 valence electrons. The number of hydrogen-bond acceptors (Lipinski definition) is 5. The van der Waals surface area contributed by atoms with Gasteiger partial charge in [-0.3, -0.25) is 4.79 Å². The molecule has 1 heterocycles. The Morgan fingerprint density at radius 3 is 2.71 bits per heavy atom. The molecule has 0 saturated heterocycles. The second-order valence-corrected chi connectivity index (χ2v) is 8.02. The number of carbonyl (C=O) groups is 1. The summed E-state index contributed by atoms with van der Waals surface area (Å²) in [5.74, 6) is -0.161. The van der Waals surface area contributed by atoms with Gasteiger partial charge in [-0.2, -0.15) is 0 Å². The molecule has 0 spiro atoms. The molecular formula is C12H17BrClNO5S. The van der Waals surface area contributed by atoms with Crippen molar-refractivity contribution in [2.24, 2.45) is 5.92 Å². The van der Waals surface area contributed by atoms with Crippen LogP contribution in [0.2, 0.25) is 0 Å². The largest absolute Gasteiger partial charge is 0.443 e. The molecule has 1 N–H and O–H groups in total. The first-order valence-electron chi connectivity index (χ1n) is 6.31. The minimum Gasteiger partial charge on any atom is -0.443 e. The fourth-order valence-corrected chi connectivity index (χ4v) is 3.45. The molecule has 9 heteroatoms. The summed E-state index contributed by atoms with van der Waals surface area (Å²) in [6.45, 7) is 5.73. The van der Waals surface area contributed by atoms with Crippen LogP contribution in [-0.2, 0) is 13.8 Å². The van der Waals surface area contributed by atoms with Gasteiger partial charge in [0.15, 0.2) is 10.4 Å². The lowest BCUT2D eigenvalue weighted by Gasteiger charge is -2.06. The van der Waals surface area contributed by atoms with E-state index in [0.29, 0.717) is 32.1 Å². The number of rotatable bonds is 8. The molecule has 0 aromatic carbocycles. The van der Waals surface area contributed by atoms with Gasteiger partial charge >= 0.3 is 0 Å². The molecule has 0 radical (unpaired) electrons. The van der Waals surface area contributed by atoms with E-state index < -0.39 is 15.0 Å². The fourth-order valence-electron chi connectivity index (χ4n) is 1.41. The summed E-state index contributed by atoms with van der Waals surface area (Å²) >= 11 is 2.91. The first-order valence-corrected chi connectivity index (χ1v) is 9.42. The molecule has 0 aliphatic carbocycles. The third-order valence-corrected chi connectivity index (χ3v) is 4.52. The minimum atomic E-state index is -3.96. The van der Waals surface area contributed by atoms with Crippen LogP contribution < -0.4 is 5.32 Å². The minimum absolute atomic E-state index is 0.0945. The van der Waals surface area contributed by atoms with Gasteiger partial charge in [0.05, 0.1) is 0 Å². The van der Waals surface area contributed by atoms with E-state index in [2.05, 4.69) is 35.1 Å². The van der Waals surface area contributed by atoms with Crippen molar-refractivity contribution in [2.75, 3.05) is 19.8 Å². The van der Waals surface area contributed by atoms with Crippen LogP contribution in [0, 0.1) is 5.92 Å². The number of ether oxygens (including phenoxy) is 1. The van der Waals surface area contributed by atoms with Gasteiger partial charge in [0.25, 0.3) is 15.0 Å². The Hall–Kier alpha value is -0.570. The summed E-state index contributed by atoms with van der Waals surface area (Å²) in [4.78, 5) is 11.5. The van der Waals surface area contributed by atoms with Gasteiger partial charge in [-0.1, -0.05) is 13.8 Å². The van der Waals surface area contributed by atoms with Crippen molar-refractivity contribution in [1.82, 2.24) is 5.32 Å². The molecule has 0 bridgehead atoms. The third-order valence-electron chi connectivity index (χ3n) is 2.34. The van der Waals surface area contributed by atoms with Crippen molar-refractivity contribution in [3.05, 3.63) is 16.5 Å². The maximum atomic E-state index is 11.8. The predicted octanol–water partition coefficient (Wildman–Crippen LogP) is 2.76. The highest BCUT2D eigenvalue weighted by atomic mass is 79.9. The molecule has 0 fully saturated rings. The Morgan fingerprint density at radius 2 is 2.19 bits per heavy atom. The Morgan fingerprint density at radius 1 is 1.52 bits per heavy atom.